The summed E-state index contributed by atoms with van der Waals surface area (Å²) in [5, 5.41) is 5.52. The first-order chi connectivity index (χ1) is 11.1. The molecule has 2 aromatic rings. The van der Waals surface area contributed by atoms with Crippen LogP contribution in [0.25, 0.3) is 0 Å². The Bertz CT molecular complexity index is 727. The second kappa shape index (κ2) is 6.86. The zero-order valence-electron chi connectivity index (χ0n) is 13.4. The van der Waals surface area contributed by atoms with Crippen molar-refractivity contribution in [3.63, 3.8) is 0 Å². The van der Waals surface area contributed by atoms with Crippen molar-refractivity contribution in [2.75, 3.05) is 5.32 Å². The zero-order chi connectivity index (χ0) is 17.9. The van der Waals surface area contributed by atoms with Gasteiger partial charge in [0.2, 0.25) is 5.95 Å². The molecule has 2 rings (SSSR count). The van der Waals surface area contributed by atoms with Crippen molar-refractivity contribution in [1.29, 1.82) is 0 Å². The molecule has 128 valence electrons. The topological polar surface area (TPSA) is 66.9 Å². The van der Waals surface area contributed by atoms with Gasteiger partial charge in [-0.1, -0.05) is 0 Å². The first-order valence-corrected chi connectivity index (χ1v) is 7.26. The largest absolute Gasteiger partial charge is 0.416 e. The lowest BCUT2D eigenvalue weighted by Gasteiger charge is -2.11. The molecule has 0 aliphatic heterocycles. The maximum absolute atomic E-state index is 12.6. The lowest BCUT2D eigenvalue weighted by atomic mass is 10.2. The number of anilines is 2. The molecule has 0 fully saturated rings. The molecule has 0 saturated carbocycles. The molecule has 2 N–H and O–H groups in total. The van der Waals surface area contributed by atoms with Crippen LogP contribution in [0, 0.1) is 6.92 Å². The molecule has 0 aliphatic carbocycles. The van der Waals surface area contributed by atoms with Gasteiger partial charge in [0.05, 0.1) is 5.56 Å². The maximum atomic E-state index is 12.6. The van der Waals surface area contributed by atoms with E-state index in [-0.39, 0.29) is 23.6 Å². The Hall–Kier alpha value is -2.64. The number of halogens is 3. The van der Waals surface area contributed by atoms with Crippen LogP contribution in [-0.2, 0) is 6.18 Å². The van der Waals surface area contributed by atoms with E-state index in [2.05, 4.69) is 20.6 Å². The molecule has 0 saturated heterocycles. The van der Waals surface area contributed by atoms with E-state index in [0.717, 1.165) is 12.1 Å². The van der Waals surface area contributed by atoms with Gasteiger partial charge in [0.1, 0.15) is 5.69 Å². The molecular formula is C16H17F3N4O. The summed E-state index contributed by atoms with van der Waals surface area (Å²) >= 11 is 0. The number of hydrogen-bond acceptors (Lipinski definition) is 4. The Morgan fingerprint density at radius 1 is 1.12 bits per heavy atom. The smallest absolute Gasteiger partial charge is 0.349 e. The number of benzene rings is 1. The summed E-state index contributed by atoms with van der Waals surface area (Å²) in [6.07, 6.45) is -4.39. The number of alkyl halides is 3. The Labute approximate surface area is 137 Å². The van der Waals surface area contributed by atoms with Crippen molar-refractivity contribution in [1.82, 2.24) is 15.3 Å². The number of aryl methyl sites for hydroxylation is 1. The summed E-state index contributed by atoms with van der Waals surface area (Å²) in [5.41, 5.74) is 0.401. The van der Waals surface area contributed by atoms with Gasteiger partial charge in [-0.2, -0.15) is 13.2 Å². The van der Waals surface area contributed by atoms with Crippen LogP contribution in [-0.4, -0.2) is 21.9 Å². The number of rotatable bonds is 4. The number of nitrogens with one attached hydrogen (secondary N) is 2. The standard InChI is InChI=1S/C16H17F3N4O/c1-9(2)20-14(24)13-8-10(3)21-15(23-13)22-12-6-4-11(5-7-12)16(17,18)19/h4-9H,1-3H3,(H,20,24)(H,21,22,23). The fourth-order valence-electron chi connectivity index (χ4n) is 1.95. The molecule has 1 aromatic heterocycles. The average molecular weight is 338 g/mol. The third-order valence-corrected chi connectivity index (χ3v) is 2.97. The van der Waals surface area contributed by atoms with Gasteiger partial charge >= 0.3 is 6.18 Å². The van der Waals surface area contributed by atoms with Crippen LogP contribution >= 0.6 is 0 Å². The number of aromatic nitrogens is 2. The van der Waals surface area contributed by atoms with Crippen LogP contribution in [0.3, 0.4) is 0 Å². The summed E-state index contributed by atoms with van der Waals surface area (Å²) in [6.45, 7) is 5.35. The molecule has 0 bridgehead atoms. The summed E-state index contributed by atoms with van der Waals surface area (Å²) < 4.78 is 37.7. The number of carbonyl (C=O) groups is 1. The minimum Gasteiger partial charge on any atom is -0.349 e. The van der Waals surface area contributed by atoms with Crippen LogP contribution in [0.2, 0.25) is 0 Å². The van der Waals surface area contributed by atoms with Crippen molar-refractivity contribution in [2.24, 2.45) is 0 Å². The molecule has 0 atom stereocenters. The van der Waals surface area contributed by atoms with Gasteiger partial charge in [0.25, 0.3) is 5.91 Å². The highest BCUT2D eigenvalue weighted by molar-refractivity contribution is 5.92. The molecule has 1 amide bonds. The zero-order valence-corrected chi connectivity index (χ0v) is 13.4. The summed E-state index contributed by atoms with van der Waals surface area (Å²) in [7, 11) is 0. The second-order valence-corrected chi connectivity index (χ2v) is 5.55. The lowest BCUT2D eigenvalue weighted by Crippen LogP contribution is -2.31. The van der Waals surface area contributed by atoms with E-state index in [0.29, 0.717) is 11.4 Å². The van der Waals surface area contributed by atoms with Crippen molar-refractivity contribution >= 4 is 17.5 Å². The van der Waals surface area contributed by atoms with Crippen molar-refractivity contribution < 1.29 is 18.0 Å². The Kier molecular flexibility index (Phi) is 5.06. The van der Waals surface area contributed by atoms with E-state index in [1.807, 2.05) is 13.8 Å². The van der Waals surface area contributed by atoms with Crippen LogP contribution < -0.4 is 10.6 Å². The van der Waals surface area contributed by atoms with Crippen LogP contribution in [0.4, 0.5) is 24.8 Å². The van der Waals surface area contributed by atoms with E-state index in [9.17, 15) is 18.0 Å². The minimum absolute atomic E-state index is 0.0425. The minimum atomic E-state index is -4.39. The normalized spacial score (nSPS) is 11.5. The van der Waals surface area contributed by atoms with Gasteiger partial charge in [-0.15, -0.1) is 0 Å². The van der Waals surface area contributed by atoms with Gasteiger partial charge in [-0.25, -0.2) is 9.97 Å². The second-order valence-electron chi connectivity index (χ2n) is 5.55. The highest BCUT2D eigenvalue weighted by Gasteiger charge is 2.29. The predicted octanol–water partition coefficient (Wildman–Crippen LogP) is 3.69. The van der Waals surface area contributed by atoms with Gasteiger partial charge in [-0.3, -0.25) is 4.79 Å². The molecular weight excluding hydrogens is 321 g/mol. The summed E-state index contributed by atoms with van der Waals surface area (Å²) in [6, 6.07) is 5.98. The van der Waals surface area contributed by atoms with Crippen LogP contribution in [0.5, 0.6) is 0 Å². The van der Waals surface area contributed by atoms with Crippen LogP contribution in [0.1, 0.15) is 35.6 Å². The molecule has 1 heterocycles. The summed E-state index contributed by atoms with van der Waals surface area (Å²) in [4.78, 5) is 20.2. The quantitative estimate of drug-likeness (QED) is 0.892. The highest BCUT2D eigenvalue weighted by atomic mass is 19.4. The Morgan fingerprint density at radius 2 is 1.75 bits per heavy atom. The van der Waals surface area contributed by atoms with Gasteiger partial charge in [0.15, 0.2) is 0 Å². The maximum Gasteiger partial charge on any atom is 0.416 e. The molecule has 0 unspecified atom stereocenters. The molecule has 0 spiro atoms. The summed E-state index contributed by atoms with van der Waals surface area (Å²) in [5.74, 6) is -0.199. The van der Waals surface area contributed by atoms with Crippen molar-refractivity contribution in [3.8, 4) is 0 Å². The average Bonchev–Trinajstić information content (AvgIpc) is 2.45. The fourth-order valence-corrected chi connectivity index (χ4v) is 1.95. The fraction of sp³-hybridized carbons (Fsp3) is 0.312. The van der Waals surface area contributed by atoms with E-state index >= 15 is 0 Å². The number of amides is 1. The molecule has 8 heteroatoms. The number of hydrogen-bond donors (Lipinski definition) is 2. The van der Waals surface area contributed by atoms with Gasteiger partial charge < -0.3 is 10.6 Å². The Morgan fingerprint density at radius 3 is 2.29 bits per heavy atom. The Balaban J connectivity index is 2.20. The van der Waals surface area contributed by atoms with Crippen molar-refractivity contribution in [2.45, 2.75) is 33.0 Å². The van der Waals surface area contributed by atoms with Gasteiger partial charge in [-0.05, 0) is 51.1 Å². The van der Waals surface area contributed by atoms with E-state index in [1.54, 1.807) is 6.92 Å². The predicted molar refractivity (Wildman–Crippen MR) is 84.1 cm³/mol. The lowest BCUT2D eigenvalue weighted by molar-refractivity contribution is -0.137. The third-order valence-electron chi connectivity index (χ3n) is 2.97. The monoisotopic (exact) mass is 338 g/mol. The van der Waals surface area contributed by atoms with Gasteiger partial charge in [0, 0.05) is 17.4 Å². The molecule has 24 heavy (non-hydrogen) atoms. The van der Waals surface area contributed by atoms with Crippen molar-refractivity contribution in [3.05, 3.63) is 47.3 Å². The number of nitrogens with zero attached hydrogens (tertiary/aromatic N) is 2. The van der Waals surface area contributed by atoms with E-state index in [4.69, 9.17) is 0 Å². The SMILES string of the molecule is Cc1cc(C(=O)NC(C)C)nc(Nc2ccc(C(F)(F)F)cc2)n1. The third kappa shape index (κ3) is 4.68. The van der Waals surface area contributed by atoms with E-state index < -0.39 is 11.7 Å². The first kappa shape index (κ1) is 17.7. The molecule has 0 aliphatic rings. The number of carbonyl (C=O) groups excluding carboxylic acids is 1. The molecule has 1 aromatic carbocycles. The molecule has 0 radical (unpaired) electrons. The van der Waals surface area contributed by atoms with E-state index in [1.165, 1.54) is 18.2 Å². The van der Waals surface area contributed by atoms with Crippen LogP contribution in [0.15, 0.2) is 30.3 Å². The first-order valence-electron chi connectivity index (χ1n) is 7.26. The molecule has 5 nitrogen and oxygen atoms in total. The highest BCUT2D eigenvalue weighted by Crippen LogP contribution is 2.30.